The molecule has 0 atom stereocenters. The number of nitrogens with two attached hydrogens (primary N) is 1. The van der Waals surface area contributed by atoms with Crippen LogP contribution >= 0.6 is 0 Å². The van der Waals surface area contributed by atoms with Crippen molar-refractivity contribution in [1.29, 1.82) is 0 Å². The molecule has 2 N–H and O–H groups in total. The van der Waals surface area contributed by atoms with Crippen LogP contribution in [0.1, 0.15) is 40.5 Å². The van der Waals surface area contributed by atoms with Gasteiger partial charge in [-0.15, -0.1) is 0 Å². The molecule has 0 spiro atoms. The van der Waals surface area contributed by atoms with Crippen LogP contribution < -0.4 is 10.6 Å². The number of benzene rings is 1. The molecule has 3 nitrogen and oxygen atoms in total. The molecule has 1 aromatic heterocycles. The van der Waals surface area contributed by atoms with E-state index < -0.39 is 0 Å². The Balaban J connectivity index is 2.56. The maximum Gasteiger partial charge on any atom is 0.0451 e. The maximum absolute atomic E-state index is 6.11. The van der Waals surface area contributed by atoms with Crippen LogP contribution in [0.3, 0.4) is 0 Å². The molecular weight excluding hydrogens is 258 g/mol. The van der Waals surface area contributed by atoms with Crippen molar-refractivity contribution in [1.82, 2.24) is 4.98 Å². The van der Waals surface area contributed by atoms with Gasteiger partial charge in [0.05, 0.1) is 0 Å². The van der Waals surface area contributed by atoms with Gasteiger partial charge in [-0.1, -0.05) is 27.7 Å². The molecule has 0 aliphatic rings. The molecule has 0 unspecified atom stereocenters. The number of nitrogen functional groups attached to an aromatic ring is 1. The van der Waals surface area contributed by atoms with Gasteiger partial charge in [-0.3, -0.25) is 4.98 Å². The Bertz CT molecular complexity index is 588. The number of nitrogens with zero attached hydrogens (tertiary/aromatic N) is 2. The van der Waals surface area contributed by atoms with E-state index in [0.717, 1.165) is 30.5 Å². The van der Waals surface area contributed by atoms with E-state index in [1.165, 1.54) is 11.1 Å². The predicted octanol–water partition coefficient (Wildman–Crippen LogP) is 4.47. The average Bonchev–Trinajstić information content (AvgIpc) is 2.48. The lowest BCUT2D eigenvalue weighted by Crippen LogP contribution is -2.37. The fraction of sp³-hybridized carbons (Fsp3) is 0.500. The number of rotatable bonds is 6. The minimum atomic E-state index is 0.562. The fourth-order valence-corrected chi connectivity index (χ4v) is 3.01. The second kappa shape index (κ2) is 6.79. The Morgan fingerprint density at radius 3 is 2.43 bits per heavy atom. The molecule has 2 rings (SSSR count). The van der Waals surface area contributed by atoms with Gasteiger partial charge < -0.3 is 10.6 Å². The van der Waals surface area contributed by atoms with Gasteiger partial charge in [0.15, 0.2) is 0 Å². The van der Waals surface area contributed by atoms with Crippen molar-refractivity contribution in [2.24, 2.45) is 5.92 Å². The SMILES string of the molecule is CCC(CC)N(CC(C)C)c1ccc(N)c2cnccc12. The van der Waals surface area contributed by atoms with Crippen molar-refractivity contribution in [3.63, 3.8) is 0 Å². The highest BCUT2D eigenvalue weighted by Crippen LogP contribution is 2.33. The maximum atomic E-state index is 6.11. The molecule has 3 heteroatoms. The van der Waals surface area contributed by atoms with Crippen LogP contribution in [0, 0.1) is 5.92 Å². The summed E-state index contributed by atoms with van der Waals surface area (Å²) in [6.07, 6.45) is 6.03. The first kappa shape index (κ1) is 15.6. The van der Waals surface area contributed by atoms with Crippen molar-refractivity contribution in [3.8, 4) is 0 Å². The van der Waals surface area contributed by atoms with Crippen LogP contribution in [0.2, 0.25) is 0 Å². The summed E-state index contributed by atoms with van der Waals surface area (Å²) in [6.45, 7) is 10.1. The molecule has 1 heterocycles. The Morgan fingerprint density at radius 1 is 1.10 bits per heavy atom. The lowest BCUT2D eigenvalue weighted by Gasteiger charge is -2.35. The molecule has 0 amide bonds. The summed E-state index contributed by atoms with van der Waals surface area (Å²) < 4.78 is 0. The molecule has 21 heavy (non-hydrogen) atoms. The third-order valence-corrected chi connectivity index (χ3v) is 4.08. The van der Waals surface area contributed by atoms with E-state index >= 15 is 0 Å². The first-order chi connectivity index (χ1) is 10.1. The number of hydrogen-bond donors (Lipinski definition) is 1. The van der Waals surface area contributed by atoms with Crippen LogP contribution in [-0.2, 0) is 0 Å². The van der Waals surface area contributed by atoms with Crippen LogP contribution in [-0.4, -0.2) is 17.6 Å². The molecule has 114 valence electrons. The van der Waals surface area contributed by atoms with Crippen molar-refractivity contribution < 1.29 is 0 Å². The zero-order valence-electron chi connectivity index (χ0n) is 13.6. The quantitative estimate of drug-likeness (QED) is 0.796. The third-order valence-electron chi connectivity index (χ3n) is 4.08. The molecule has 2 aromatic rings. The van der Waals surface area contributed by atoms with Crippen LogP contribution in [0.5, 0.6) is 0 Å². The van der Waals surface area contributed by atoms with Crippen LogP contribution in [0.15, 0.2) is 30.6 Å². The highest BCUT2D eigenvalue weighted by Gasteiger charge is 2.19. The van der Waals surface area contributed by atoms with Crippen molar-refractivity contribution in [3.05, 3.63) is 30.6 Å². The second-order valence-corrected chi connectivity index (χ2v) is 6.11. The van der Waals surface area contributed by atoms with Gasteiger partial charge in [-0.25, -0.2) is 0 Å². The summed E-state index contributed by atoms with van der Waals surface area (Å²) in [5.74, 6) is 0.625. The lowest BCUT2D eigenvalue weighted by molar-refractivity contribution is 0.509. The molecule has 0 radical (unpaired) electrons. The highest BCUT2D eigenvalue weighted by molar-refractivity contribution is 6.00. The monoisotopic (exact) mass is 285 g/mol. The van der Waals surface area contributed by atoms with Crippen molar-refractivity contribution in [2.45, 2.75) is 46.6 Å². The Hall–Kier alpha value is -1.77. The van der Waals surface area contributed by atoms with Crippen LogP contribution in [0.25, 0.3) is 10.8 Å². The van der Waals surface area contributed by atoms with Gasteiger partial charge in [0.25, 0.3) is 0 Å². The Labute approximate surface area is 128 Å². The fourth-order valence-electron chi connectivity index (χ4n) is 3.01. The van der Waals surface area contributed by atoms with E-state index in [1.807, 2.05) is 18.5 Å². The van der Waals surface area contributed by atoms with E-state index in [1.54, 1.807) is 0 Å². The molecular formula is C18H27N3. The number of anilines is 2. The largest absolute Gasteiger partial charge is 0.398 e. The topological polar surface area (TPSA) is 42.1 Å². The Kier molecular flexibility index (Phi) is 5.05. The zero-order valence-corrected chi connectivity index (χ0v) is 13.6. The van der Waals surface area contributed by atoms with Gasteiger partial charge in [0, 0.05) is 47.1 Å². The first-order valence-corrected chi connectivity index (χ1v) is 7.97. The van der Waals surface area contributed by atoms with Crippen molar-refractivity contribution >= 4 is 22.1 Å². The van der Waals surface area contributed by atoms with Gasteiger partial charge in [0.1, 0.15) is 0 Å². The third kappa shape index (κ3) is 3.29. The molecule has 0 bridgehead atoms. The molecule has 0 saturated carbocycles. The van der Waals surface area contributed by atoms with Gasteiger partial charge in [-0.05, 0) is 37.0 Å². The normalized spacial score (nSPS) is 11.5. The molecule has 0 aliphatic heterocycles. The first-order valence-electron chi connectivity index (χ1n) is 7.97. The van der Waals surface area contributed by atoms with E-state index in [2.05, 4.69) is 49.7 Å². The summed E-state index contributed by atoms with van der Waals surface area (Å²) in [6, 6.07) is 6.82. The number of fused-ring (bicyclic) bond motifs is 1. The van der Waals surface area contributed by atoms with E-state index in [9.17, 15) is 0 Å². The van der Waals surface area contributed by atoms with Gasteiger partial charge >= 0.3 is 0 Å². The highest BCUT2D eigenvalue weighted by atomic mass is 15.2. The summed E-state index contributed by atoms with van der Waals surface area (Å²) in [5, 5.41) is 2.26. The molecule has 1 aromatic carbocycles. The minimum Gasteiger partial charge on any atom is -0.398 e. The summed E-state index contributed by atoms with van der Waals surface area (Å²) in [5.41, 5.74) is 8.19. The minimum absolute atomic E-state index is 0.562. The van der Waals surface area contributed by atoms with Gasteiger partial charge in [0.2, 0.25) is 0 Å². The summed E-state index contributed by atoms with van der Waals surface area (Å²) in [4.78, 5) is 6.77. The average molecular weight is 285 g/mol. The van der Waals surface area contributed by atoms with Crippen molar-refractivity contribution in [2.75, 3.05) is 17.2 Å². The zero-order chi connectivity index (χ0) is 15.4. The smallest absolute Gasteiger partial charge is 0.0451 e. The molecule has 0 saturated heterocycles. The standard InChI is InChI=1S/C18H27N3/c1-5-14(6-2)21(12-13(3)4)18-8-7-17(19)16-11-20-10-9-15(16)18/h7-11,13-14H,5-6,12,19H2,1-4H3. The number of pyridine rings is 1. The van der Waals surface area contributed by atoms with E-state index in [4.69, 9.17) is 5.73 Å². The summed E-state index contributed by atoms with van der Waals surface area (Å²) in [7, 11) is 0. The molecule has 0 aliphatic carbocycles. The second-order valence-electron chi connectivity index (χ2n) is 6.11. The van der Waals surface area contributed by atoms with E-state index in [0.29, 0.717) is 12.0 Å². The lowest BCUT2D eigenvalue weighted by atomic mass is 10.0. The number of aromatic nitrogens is 1. The Morgan fingerprint density at radius 2 is 1.81 bits per heavy atom. The summed E-state index contributed by atoms with van der Waals surface area (Å²) >= 11 is 0. The van der Waals surface area contributed by atoms with Crippen LogP contribution in [0.4, 0.5) is 11.4 Å². The van der Waals surface area contributed by atoms with Gasteiger partial charge in [-0.2, -0.15) is 0 Å². The predicted molar refractivity (Wildman–Crippen MR) is 92.7 cm³/mol. The molecule has 0 fully saturated rings. The number of hydrogen-bond acceptors (Lipinski definition) is 3. The van der Waals surface area contributed by atoms with E-state index in [-0.39, 0.29) is 0 Å².